The first-order valence-corrected chi connectivity index (χ1v) is 3.80. The molecule has 0 fully saturated rings. The molecule has 0 aromatic carbocycles. The summed E-state index contributed by atoms with van der Waals surface area (Å²) in [6.45, 7) is 0.110. The van der Waals surface area contributed by atoms with Crippen LogP contribution >= 0.6 is 0 Å². The Morgan fingerprint density at radius 3 is 2.64 bits per heavy atom. The zero-order valence-electron chi connectivity index (χ0n) is 7.50. The van der Waals surface area contributed by atoms with Crippen LogP contribution in [0.2, 0.25) is 0 Å². The van der Waals surface area contributed by atoms with Gasteiger partial charge in [0.2, 0.25) is 0 Å². The molecule has 1 heterocycles. The highest BCUT2D eigenvalue weighted by Crippen LogP contribution is 2.16. The van der Waals surface area contributed by atoms with Gasteiger partial charge in [0, 0.05) is 13.1 Å². The number of nitrogens with two attached hydrogens (primary N) is 2. The van der Waals surface area contributed by atoms with Gasteiger partial charge in [-0.2, -0.15) is 5.10 Å². The average molecular weight is 204 g/mol. The Morgan fingerprint density at radius 1 is 1.71 bits per heavy atom. The third-order valence-electron chi connectivity index (χ3n) is 1.46. The smallest absolute Gasteiger partial charge is 0.271 e. The van der Waals surface area contributed by atoms with Crippen molar-refractivity contribution >= 4 is 11.6 Å². The number of primary amides is 1. The summed E-state index contributed by atoms with van der Waals surface area (Å²) in [5.74, 6) is -3.74. The van der Waals surface area contributed by atoms with Crippen molar-refractivity contribution in [2.45, 2.75) is 19.4 Å². The van der Waals surface area contributed by atoms with Crippen LogP contribution in [0, 0.1) is 0 Å². The van der Waals surface area contributed by atoms with E-state index in [2.05, 4.69) is 5.10 Å². The minimum absolute atomic E-state index is 0.00162. The van der Waals surface area contributed by atoms with E-state index in [1.165, 1.54) is 0 Å². The molecule has 78 valence electrons. The molecule has 0 saturated carbocycles. The van der Waals surface area contributed by atoms with E-state index < -0.39 is 18.4 Å². The summed E-state index contributed by atoms with van der Waals surface area (Å²) in [6.07, 6.45) is 1.15. The van der Waals surface area contributed by atoms with Gasteiger partial charge >= 0.3 is 0 Å². The van der Waals surface area contributed by atoms with Crippen molar-refractivity contribution in [1.29, 1.82) is 0 Å². The topological polar surface area (TPSA) is 86.9 Å². The molecular formula is C7H10F2N4O. The number of nitrogens with zero attached hydrogens (tertiary/aromatic N) is 2. The zero-order valence-corrected chi connectivity index (χ0v) is 7.50. The van der Waals surface area contributed by atoms with Gasteiger partial charge in [0.15, 0.2) is 5.69 Å². The van der Waals surface area contributed by atoms with Crippen molar-refractivity contribution in [2.24, 2.45) is 5.73 Å². The number of nitrogen functional groups attached to an aromatic ring is 1. The van der Waals surface area contributed by atoms with Gasteiger partial charge in [-0.15, -0.1) is 0 Å². The molecule has 5 nitrogen and oxygen atoms in total. The highest BCUT2D eigenvalue weighted by Gasteiger charge is 2.23. The monoisotopic (exact) mass is 204 g/mol. The Hall–Kier alpha value is -1.66. The second kappa shape index (κ2) is 3.24. The molecule has 0 atom stereocenters. The number of carbonyl (C=O) groups excluding carboxylic acids is 1. The fourth-order valence-corrected chi connectivity index (χ4v) is 0.994. The van der Waals surface area contributed by atoms with Crippen molar-refractivity contribution < 1.29 is 13.6 Å². The zero-order chi connectivity index (χ0) is 10.9. The van der Waals surface area contributed by atoms with Crippen LogP contribution < -0.4 is 11.5 Å². The number of rotatable bonds is 3. The van der Waals surface area contributed by atoms with Gasteiger partial charge in [-0.1, -0.05) is 0 Å². The molecule has 1 amide bonds. The predicted octanol–water partition coefficient (Wildman–Crippen LogP) is 0.219. The molecule has 14 heavy (non-hydrogen) atoms. The summed E-state index contributed by atoms with van der Waals surface area (Å²) in [4.78, 5) is 10.7. The quantitative estimate of drug-likeness (QED) is 0.738. The molecule has 0 bridgehead atoms. The number of hydrogen-bond acceptors (Lipinski definition) is 3. The molecule has 1 aromatic heterocycles. The van der Waals surface area contributed by atoms with Crippen LogP contribution in [0.1, 0.15) is 17.4 Å². The van der Waals surface area contributed by atoms with Gasteiger partial charge in [0.05, 0.1) is 5.69 Å². The maximum Gasteiger partial charge on any atom is 0.271 e. The molecule has 0 aliphatic carbocycles. The Balaban J connectivity index is 2.92. The van der Waals surface area contributed by atoms with Crippen LogP contribution in [0.3, 0.4) is 0 Å². The number of aromatic nitrogens is 2. The molecule has 4 N–H and O–H groups in total. The van der Waals surface area contributed by atoms with Gasteiger partial charge in [0.1, 0.15) is 6.54 Å². The van der Waals surface area contributed by atoms with Gasteiger partial charge in [-0.3, -0.25) is 9.48 Å². The van der Waals surface area contributed by atoms with Gasteiger partial charge in [-0.25, -0.2) is 8.78 Å². The number of alkyl halides is 2. The summed E-state index contributed by atoms with van der Waals surface area (Å²) < 4.78 is 26.0. The maximum atomic E-state index is 12.5. The van der Waals surface area contributed by atoms with E-state index >= 15 is 0 Å². The van der Waals surface area contributed by atoms with Crippen molar-refractivity contribution in [3.05, 3.63) is 11.9 Å². The number of amides is 1. The van der Waals surface area contributed by atoms with Crippen LogP contribution in [0.25, 0.3) is 0 Å². The van der Waals surface area contributed by atoms with Gasteiger partial charge in [-0.05, 0) is 0 Å². The molecule has 0 aliphatic rings. The first-order valence-electron chi connectivity index (χ1n) is 3.80. The number of halogens is 2. The lowest BCUT2D eigenvalue weighted by Gasteiger charge is -2.08. The molecule has 0 saturated heterocycles. The highest BCUT2D eigenvalue weighted by molar-refractivity contribution is 5.95. The first-order chi connectivity index (χ1) is 6.29. The lowest BCUT2D eigenvalue weighted by molar-refractivity contribution is 0.000492. The lowest BCUT2D eigenvalue weighted by atomic mass is 10.4. The molecule has 1 aromatic rings. The highest BCUT2D eigenvalue weighted by atomic mass is 19.3. The summed E-state index contributed by atoms with van der Waals surface area (Å²) in [6, 6.07) is 0. The van der Waals surface area contributed by atoms with E-state index in [1.54, 1.807) is 0 Å². The molecule has 7 heteroatoms. The largest absolute Gasteiger partial charge is 0.396 e. The minimum Gasteiger partial charge on any atom is -0.396 e. The SMILES string of the molecule is CC(F)(F)Cn1cc(N)c(C(N)=O)n1. The Kier molecular flexibility index (Phi) is 2.41. The van der Waals surface area contributed by atoms with E-state index in [0.29, 0.717) is 0 Å². The van der Waals surface area contributed by atoms with Crippen LogP contribution in [0.15, 0.2) is 6.20 Å². The van der Waals surface area contributed by atoms with Crippen LogP contribution in [0.4, 0.5) is 14.5 Å². The summed E-state index contributed by atoms with van der Waals surface area (Å²) >= 11 is 0. The minimum atomic E-state index is -2.91. The van der Waals surface area contributed by atoms with Crippen LogP contribution in [0.5, 0.6) is 0 Å². The number of anilines is 1. The van der Waals surface area contributed by atoms with Gasteiger partial charge < -0.3 is 11.5 Å². The second-order valence-electron chi connectivity index (χ2n) is 3.07. The fraction of sp³-hybridized carbons (Fsp3) is 0.429. The van der Waals surface area contributed by atoms with E-state index in [1.807, 2.05) is 0 Å². The number of hydrogen-bond donors (Lipinski definition) is 2. The Bertz CT molecular complexity index is 355. The van der Waals surface area contributed by atoms with Crippen LogP contribution in [-0.2, 0) is 6.54 Å². The molecule has 0 spiro atoms. The molecule has 1 rings (SSSR count). The normalized spacial score (nSPS) is 11.6. The molecular weight excluding hydrogens is 194 g/mol. The standard InChI is InChI=1S/C7H10F2N4O/c1-7(8,9)3-13-2-4(10)5(12-13)6(11)14/h2H,3,10H2,1H3,(H2,11,14). The Morgan fingerprint density at radius 2 is 2.29 bits per heavy atom. The average Bonchev–Trinajstić information content (AvgIpc) is 2.26. The van der Waals surface area contributed by atoms with Crippen molar-refractivity contribution in [3.8, 4) is 0 Å². The van der Waals surface area contributed by atoms with Gasteiger partial charge in [0.25, 0.3) is 11.8 Å². The number of carbonyl (C=O) groups is 1. The van der Waals surface area contributed by atoms with E-state index in [0.717, 1.165) is 17.8 Å². The van der Waals surface area contributed by atoms with Crippen molar-refractivity contribution in [1.82, 2.24) is 9.78 Å². The second-order valence-corrected chi connectivity index (χ2v) is 3.07. The van der Waals surface area contributed by atoms with Crippen molar-refractivity contribution in [2.75, 3.05) is 5.73 Å². The lowest BCUT2D eigenvalue weighted by Crippen LogP contribution is -2.20. The summed E-state index contributed by atoms with van der Waals surface area (Å²) in [5, 5.41) is 3.53. The van der Waals surface area contributed by atoms with E-state index in [9.17, 15) is 13.6 Å². The molecule has 0 radical (unpaired) electrons. The molecule has 0 aliphatic heterocycles. The summed E-state index contributed by atoms with van der Waals surface area (Å²) in [5.41, 5.74) is 10.1. The molecule has 0 unspecified atom stereocenters. The Labute approximate surface area is 78.7 Å². The van der Waals surface area contributed by atoms with E-state index in [4.69, 9.17) is 11.5 Å². The third kappa shape index (κ3) is 2.41. The van der Waals surface area contributed by atoms with Crippen LogP contribution in [-0.4, -0.2) is 21.6 Å². The summed E-state index contributed by atoms with van der Waals surface area (Å²) in [7, 11) is 0. The van der Waals surface area contributed by atoms with Crippen molar-refractivity contribution in [3.63, 3.8) is 0 Å². The first kappa shape index (κ1) is 10.4. The third-order valence-corrected chi connectivity index (χ3v) is 1.46. The predicted molar refractivity (Wildman–Crippen MR) is 45.8 cm³/mol. The maximum absolute atomic E-state index is 12.5. The fourth-order valence-electron chi connectivity index (χ4n) is 0.994. The van der Waals surface area contributed by atoms with E-state index in [-0.39, 0.29) is 11.4 Å².